The van der Waals surface area contributed by atoms with E-state index in [1.165, 1.54) is 106 Å². The summed E-state index contributed by atoms with van der Waals surface area (Å²) in [6, 6.07) is 51.1. The van der Waals surface area contributed by atoms with E-state index in [0.717, 1.165) is 0 Å². The normalized spacial score (nSPS) is 11.1. The van der Waals surface area contributed by atoms with E-state index in [4.69, 9.17) is 0 Å². The maximum Gasteiger partial charge on any atom is -0.0216 e. The summed E-state index contributed by atoms with van der Waals surface area (Å²) >= 11 is 0. The van der Waals surface area contributed by atoms with E-state index in [1.54, 1.807) is 0 Å². The highest BCUT2D eigenvalue weighted by Gasteiger charge is 2.15. The van der Waals surface area contributed by atoms with Gasteiger partial charge in [-0.25, -0.2) is 0 Å². The standard InChI is InChI=1S/C16H26.3C13H20.3C10H14/c1-10(2)14-8-15(11(3)4)13(7)16(9-14)12(5)6;1-9(2)12-6-11(5)7-13(8-12)10(3)4;1-9(2)12-7-6-11(5)13(8-12)10(3)4;1-9(2)12-7-6-8-13(10(3)4)11(12)5;1-8(2)10-6-4-9(3)5-7-10;1-8(2)10-6-4-5-9(3)7-10;1-8(2)10-7-5-4-6-9(10)3/h8-12H,1-7H3;3*6-10H,1-5H3;3*4-8H,1-3H3. The smallest absolute Gasteiger partial charge is 0.0216 e. The molecule has 0 spiro atoms. The topological polar surface area (TPSA) is 0 Å². The van der Waals surface area contributed by atoms with Gasteiger partial charge in [-0.15, -0.1) is 0 Å². The summed E-state index contributed by atoms with van der Waals surface area (Å²) in [4.78, 5) is 0. The Labute approximate surface area is 528 Å². The number of rotatable bonds is 12. The molecule has 0 saturated heterocycles. The molecule has 0 fully saturated rings. The van der Waals surface area contributed by atoms with Crippen LogP contribution in [0.4, 0.5) is 0 Å². The van der Waals surface area contributed by atoms with Crippen molar-refractivity contribution in [3.63, 3.8) is 0 Å². The molecule has 0 aliphatic rings. The Hall–Kier alpha value is -5.46. The predicted molar refractivity (Wildman–Crippen MR) is 387 cm³/mol. The molecule has 0 aromatic heterocycles. The van der Waals surface area contributed by atoms with Crippen molar-refractivity contribution >= 4 is 0 Å². The second kappa shape index (κ2) is 38.6. The molecule has 0 N–H and O–H groups in total. The molecule has 0 nitrogen and oxygen atoms in total. The largest absolute Gasteiger partial charge is 0.0620 e. The molecular formula is C85H128. The molecule has 7 rings (SSSR count). The summed E-state index contributed by atoms with van der Waals surface area (Å²) in [6.07, 6.45) is 0. The van der Waals surface area contributed by atoms with Crippen LogP contribution in [-0.4, -0.2) is 0 Å². The zero-order valence-electron chi connectivity index (χ0n) is 60.7. The minimum atomic E-state index is 0.621. The van der Waals surface area contributed by atoms with Gasteiger partial charge in [0.15, 0.2) is 0 Å². The fourth-order valence-electron chi connectivity index (χ4n) is 10.6. The molecular weight excluding hydrogens is 1020 g/mol. The Morgan fingerprint density at radius 2 is 0.482 bits per heavy atom. The second-order valence-electron chi connectivity index (χ2n) is 28.2. The van der Waals surface area contributed by atoms with E-state index in [-0.39, 0.29) is 0 Å². The van der Waals surface area contributed by atoms with Crippen LogP contribution >= 0.6 is 0 Å². The predicted octanol–water partition coefficient (Wildman–Crippen LogP) is 27.4. The lowest BCUT2D eigenvalue weighted by Crippen LogP contribution is -2.03. The summed E-state index contributed by atoms with van der Waals surface area (Å²) in [7, 11) is 0. The van der Waals surface area contributed by atoms with Gasteiger partial charge in [0.05, 0.1) is 0 Å². The molecule has 0 unspecified atom stereocenters. The molecule has 0 saturated carbocycles. The fourth-order valence-corrected chi connectivity index (χ4v) is 10.6. The van der Waals surface area contributed by atoms with E-state index in [1.807, 2.05) is 0 Å². The third kappa shape index (κ3) is 27.8. The lowest BCUT2D eigenvalue weighted by atomic mass is 9.85. The van der Waals surface area contributed by atoms with Gasteiger partial charge in [0, 0.05) is 0 Å². The number of benzene rings is 7. The molecule has 0 heteroatoms. The van der Waals surface area contributed by atoms with Gasteiger partial charge in [0.25, 0.3) is 0 Å². The molecule has 468 valence electrons. The summed E-state index contributed by atoms with van der Waals surface area (Å²) in [5, 5.41) is 0. The van der Waals surface area contributed by atoms with Crippen LogP contribution in [0.15, 0.2) is 140 Å². The number of aryl methyl sites for hydroxylation is 5. The summed E-state index contributed by atoms with van der Waals surface area (Å²) in [5.74, 6) is 7.65. The quantitative estimate of drug-likeness (QED) is 0.114. The molecule has 0 atom stereocenters. The molecule has 0 aliphatic carbocycles. The van der Waals surface area contributed by atoms with Crippen molar-refractivity contribution in [2.75, 3.05) is 0 Å². The first kappa shape index (κ1) is 77.6. The van der Waals surface area contributed by atoms with Crippen molar-refractivity contribution in [2.45, 2.75) is 286 Å². The molecule has 7 aromatic carbocycles. The minimum absolute atomic E-state index is 0.621. The van der Waals surface area contributed by atoms with E-state index in [9.17, 15) is 0 Å². The van der Waals surface area contributed by atoms with Crippen molar-refractivity contribution < 1.29 is 0 Å². The van der Waals surface area contributed by atoms with E-state index in [2.05, 4.69) is 354 Å². The maximum absolute atomic E-state index is 2.40. The molecule has 0 heterocycles. The first-order valence-electron chi connectivity index (χ1n) is 33.2. The van der Waals surface area contributed by atoms with Crippen LogP contribution in [0.1, 0.15) is 343 Å². The van der Waals surface area contributed by atoms with Gasteiger partial charge in [-0.1, -0.05) is 322 Å². The zero-order valence-corrected chi connectivity index (χ0v) is 60.7. The van der Waals surface area contributed by atoms with Gasteiger partial charge in [-0.2, -0.15) is 0 Å². The Balaban J connectivity index is 0.000000499. The lowest BCUT2D eigenvalue weighted by molar-refractivity contribution is 0.792. The lowest BCUT2D eigenvalue weighted by Gasteiger charge is -2.20. The molecule has 0 amide bonds. The van der Waals surface area contributed by atoms with Crippen LogP contribution in [0.25, 0.3) is 0 Å². The van der Waals surface area contributed by atoms with Crippen LogP contribution in [0.2, 0.25) is 0 Å². The van der Waals surface area contributed by atoms with Crippen LogP contribution in [0.5, 0.6) is 0 Å². The Morgan fingerprint density at radius 1 is 0.176 bits per heavy atom. The van der Waals surface area contributed by atoms with Gasteiger partial charge >= 0.3 is 0 Å². The van der Waals surface area contributed by atoms with Crippen molar-refractivity contribution in [3.05, 3.63) is 245 Å². The molecule has 0 aliphatic heterocycles. The van der Waals surface area contributed by atoms with Crippen molar-refractivity contribution in [1.82, 2.24) is 0 Å². The summed E-state index contributed by atoms with van der Waals surface area (Å²) < 4.78 is 0. The molecule has 0 bridgehead atoms. The highest BCUT2D eigenvalue weighted by Crippen LogP contribution is 2.32. The van der Waals surface area contributed by atoms with Crippen molar-refractivity contribution in [1.29, 1.82) is 0 Å². The van der Waals surface area contributed by atoms with Gasteiger partial charge in [-0.3, -0.25) is 0 Å². The summed E-state index contributed by atoms with van der Waals surface area (Å²) in [6.45, 7) is 69.3. The second-order valence-corrected chi connectivity index (χ2v) is 28.2. The third-order valence-corrected chi connectivity index (χ3v) is 16.4. The van der Waals surface area contributed by atoms with Gasteiger partial charge in [0.1, 0.15) is 0 Å². The SMILES string of the molecule is Cc1c(C(C)C)cc(C(C)C)cc1C(C)C.Cc1c(C(C)C)cccc1C(C)C.Cc1cc(C(C)C)cc(C(C)C)c1.Cc1ccc(C(C)C)cc1.Cc1ccc(C(C)C)cc1C(C)C.Cc1cccc(C(C)C)c1.Cc1ccccc1C(C)C. The zero-order chi connectivity index (χ0) is 65.2. The van der Waals surface area contributed by atoms with Crippen LogP contribution in [0.3, 0.4) is 0 Å². The summed E-state index contributed by atoms with van der Waals surface area (Å²) in [5.41, 5.74) is 27.6. The Bertz CT molecular complexity index is 2860. The van der Waals surface area contributed by atoms with Gasteiger partial charge < -0.3 is 0 Å². The Morgan fingerprint density at radius 3 is 0.835 bits per heavy atom. The van der Waals surface area contributed by atoms with Gasteiger partial charge in [0.2, 0.25) is 0 Å². The third-order valence-electron chi connectivity index (χ3n) is 16.4. The average Bonchev–Trinajstić information content (AvgIpc) is 3.49. The van der Waals surface area contributed by atoms with Crippen LogP contribution in [0, 0.1) is 48.5 Å². The maximum atomic E-state index is 2.40. The molecule has 85 heavy (non-hydrogen) atoms. The Kier molecular flexibility index (Phi) is 35.3. The molecule has 0 radical (unpaired) electrons. The van der Waals surface area contributed by atoms with Crippen LogP contribution in [-0.2, 0) is 0 Å². The van der Waals surface area contributed by atoms with E-state index >= 15 is 0 Å². The number of hydrogen-bond acceptors (Lipinski definition) is 0. The molecule has 7 aromatic rings. The van der Waals surface area contributed by atoms with Gasteiger partial charge in [-0.05, 0) is 208 Å². The highest BCUT2D eigenvalue weighted by molar-refractivity contribution is 5.43. The van der Waals surface area contributed by atoms with Crippen LogP contribution < -0.4 is 0 Å². The van der Waals surface area contributed by atoms with Crippen molar-refractivity contribution in [3.8, 4) is 0 Å². The highest BCUT2D eigenvalue weighted by atomic mass is 14.2. The minimum Gasteiger partial charge on any atom is -0.0620 e. The monoisotopic (exact) mass is 1150 g/mol. The average molecular weight is 1150 g/mol. The van der Waals surface area contributed by atoms with E-state index in [0.29, 0.717) is 71.0 Å². The first-order chi connectivity index (χ1) is 39.5. The van der Waals surface area contributed by atoms with E-state index < -0.39 is 0 Å². The first-order valence-corrected chi connectivity index (χ1v) is 33.2. The number of hydrogen-bond donors (Lipinski definition) is 0. The fraction of sp³-hybridized carbons (Fsp3) is 0.506. The van der Waals surface area contributed by atoms with Crippen molar-refractivity contribution in [2.24, 2.45) is 0 Å².